The molecule has 0 saturated carbocycles. The molecule has 0 aromatic carbocycles. The molecule has 2 heteroatoms. The minimum absolute atomic E-state index is 0.850. The second kappa shape index (κ2) is 4.82. The van der Waals surface area contributed by atoms with Gasteiger partial charge in [-0.25, -0.2) is 0 Å². The second-order valence-electron chi connectivity index (χ2n) is 0.544. The molecule has 0 amide bonds. The van der Waals surface area contributed by atoms with E-state index in [9.17, 15) is 0 Å². The minimum atomic E-state index is 0.850. The van der Waals surface area contributed by atoms with Crippen LogP contribution in [0.2, 0.25) is 0 Å². The van der Waals surface area contributed by atoms with Crippen LogP contribution in [0.5, 0.6) is 0 Å². The molecule has 0 nitrogen and oxygen atoms in total. The minimum Gasteiger partial charge on any atom is -0.175 e. The standard InChI is InChI=1S/C3H5IS/c4-2-1-3-5/h1-2,5H,3H2/b2-1+. The molecule has 0 saturated heterocycles. The van der Waals surface area contributed by atoms with E-state index in [1.54, 1.807) is 0 Å². The van der Waals surface area contributed by atoms with Crippen molar-refractivity contribution in [2.75, 3.05) is 5.75 Å². The molecule has 0 N–H and O–H groups in total. The molecule has 0 aliphatic carbocycles. The highest BCUT2D eigenvalue weighted by Gasteiger charge is 1.54. The predicted octanol–water partition coefficient (Wildman–Crippen LogP) is 1.86. The van der Waals surface area contributed by atoms with E-state index in [4.69, 9.17) is 0 Å². The average Bonchev–Trinajstić information content (AvgIpc) is 1.41. The molecule has 0 aliphatic rings. The number of hydrogen-bond donors (Lipinski definition) is 1. The maximum Gasteiger partial charge on any atom is 0.00900 e. The molecule has 0 unspecified atom stereocenters. The Bertz CT molecular complexity index is 33.9. The van der Waals surface area contributed by atoms with E-state index >= 15 is 0 Å². The van der Waals surface area contributed by atoms with Crippen LogP contribution in [0.4, 0.5) is 0 Å². The molecule has 0 fully saturated rings. The number of hydrogen-bond acceptors (Lipinski definition) is 1. The zero-order chi connectivity index (χ0) is 4.12. The highest BCUT2D eigenvalue weighted by atomic mass is 127. The fourth-order valence-electron chi connectivity index (χ4n) is 0.0398. The first-order valence-corrected chi connectivity index (χ1v) is 3.15. The molecule has 0 aromatic rings. The largest absolute Gasteiger partial charge is 0.175 e. The maximum absolute atomic E-state index is 3.91. The third kappa shape index (κ3) is 4.82. The van der Waals surface area contributed by atoms with Crippen molar-refractivity contribution in [1.82, 2.24) is 0 Å². The zero-order valence-electron chi connectivity index (χ0n) is 2.69. The van der Waals surface area contributed by atoms with Crippen LogP contribution in [0.1, 0.15) is 0 Å². The van der Waals surface area contributed by atoms with Crippen molar-refractivity contribution in [2.24, 2.45) is 0 Å². The molecule has 0 atom stereocenters. The van der Waals surface area contributed by atoms with E-state index in [2.05, 4.69) is 35.2 Å². The Labute approximate surface area is 51.2 Å². The Morgan fingerprint density at radius 1 is 1.80 bits per heavy atom. The molecule has 30 valence electrons. The van der Waals surface area contributed by atoms with Crippen molar-refractivity contribution < 1.29 is 0 Å². The quantitative estimate of drug-likeness (QED) is 0.484. The van der Waals surface area contributed by atoms with Gasteiger partial charge in [-0.1, -0.05) is 28.7 Å². The Morgan fingerprint density at radius 3 is 2.40 bits per heavy atom. The van der Waals surface area contributed by atoms with E-state index in [1.807, 2.05) is 10.2 Å². The number of rotatable bonds is 1. The van der Waals surface area contributed by atoms with E-state index in [0.29, 0.717) is 0 Å². The van der Waals surface area contributed by atoms with Gasteiger partial charge >= 0.3 is 0 Å². The van der Waals surface area contributed by atoms with Crippen molar-refractivity contribution in [3.8, 4) is 0 Å². The molecule has 0 spiro atoms. The van der Waals surface area contributed by atoms with Crippen molar-refractivity contribution in [3.63, 3.8) is 0 Å². The summed E-state index contributed by atoms with van der Waals surface area (Å²) >= 11 is 6.07. The van der Waals surface area contributed by atoms with Gasteiger partial charge in [0.05, 0.1) is 0 Å². The Morgan fingerprint density at radius 2 is 2.40 bits per heavy atom. The van der Waals surface area contributed by atoms with Gasteiger partial charge in [-0.05, 0) is 4.08 Å². The third-order valence-corrected chi connectivity index (χ3v) is 0.914. The van der Waals surface area contributed by atoms with Gasteiger partial charge in [-0.3, -0.25) is 0 Å². The normalized spacial score (nSPS) is 10.0. The van der Waals surface area contributed by atoms with Gasteiger partial charge in [0.2, 0.25) is 0 Å². The summed E-state index contributed by atoms with van der Waals surface area (Å²) in [7, 11) is 0. The van der Waals surface area contributed by atoms with Gasteiger partial charge in [-0.15, -0.1) is 0 Å². The molecule has 0 aromatic heterocycles. The molecule has 5 heavy (non-hydrogen) atoms. The summed E-state index contributed by atoms with van der Waals surface area (Å²) in [6.07, 6.45) is 1.98. The van der Waals surface area contributed by atoms with Crippen LogP contribution in [0, 0.1) is 0 Å². The lowest BCUT2D eigenvalue weighted by molar-refractivity contribution is 1.84. The predicted molar refractivity (Wildman–Crippen MR) is 37.0 cm³/mol. The summed E-state index contributed by atoms with van der Waals surface area (Å²) in [6, 6.07) is 0. The Balaban J connectivity index is 2.62. The Kier molecular flexibility index (Phi) is 5.61. The lowest BCUT2D eigenvalue weighted by Crippen LogP contribution is -1.48. The fraction of sp³-hybridized carbons (Fsp3) is 0.333. The van der Waals surface area contributed by atoms with E-state index in [-0.39, 0.29) is 0 Å². The van der Waals surface area contributed by atoms with Crippen molar-refractivity contribution >= 4 is 35.2 Å². The van der Waals surface area contributed by atoms with Gasteiger partial charge in [0.1, 0.15) is 0 Å². The molecular formula is C3H5IS. The van der Waals surface area contributed by atoms with Gasteiger partial charge < -0.3 is 0 Å². The summed E-state index contributed by atoms with van der Waals surface area (Å²) in [6.45, 7) is 0. The first-order valence-electron chi connectivity index (χ1n) is 1.28. The van der Waals surface area contributed by atoms with Gasteiger partial charge in [0.15, 0.2) is 0 Å². The first-order chi connectivity index (χ1) is 2.41. The highest BCUT2D eigenvalue weighted by molar-refractivity contribution is 14.1. The number of halogens is 1. The summed E-state index contributed by atoms with van der Waals surface area (Å²) < 4.78 is 1.95. The van der Waals surface area contributed by atoms with Gasteiger partial charge in [0, 0.05) is 5.75 Å². The first kappa shape index (κ1) is 5.82. The van der Waals surface area contributed by atoms with Crippen LogP contribution in [-0.2, 0) is 0 Å². The van der Waals surface area contributed by atoms with Crippen LogP contribution in [0.3, 0.4) is 0 Å². The highest BCUT2D eigenvalue weighted by Crippen LogP contribution is 1.83. The molecular weight excluding hydrogens is 195 g/mol. The van der Waals surface area contributed by atoms with Crippen LogP contribution in [-0.4, -0.2) is 5.75 Å². The van der Waals surface area contributed by atoms with Gasteiger partial charge in [0.25, 0.3) is 0 Å². The molecule has 0 bridgehead atoms. The SMILES string of the molecule is SC/C=C/I. The van der Waals surface area contributed by atoms with E-state index in [1.165, 1.54) is 0 Å². The summed E-state index contributed by atoms with van der Waals surface area (Å²) in [4.78, 5) is 0. The topological polar surface area (TPSA) is 0 Å². The van der Waals surface area contributed by atoms with Crippen LogP contribution in [0.25, 0.3) is 0 Å². The lowest BCUT2D eigenvalue weighted by atomic mass is 10.8. The average molecular weight is 200 g/mol. The van der Waals surface area contributed by atoms with Crippen LogP contribution in [0.15, 0.2) is 10.2 Å². The van der Waals surface area contributed by atoms with Crippen molar-refractivity contribution in [2.45, 2.75) is 0 Å². The van der Waals surface area contributed by atoms with Crippen molar-refractivity contribution in [3.05, 3.63) is 10.2 Å². The number of thiol groups is 1. The molecule has 0 radical (unpaired) electrons. The van der Waals surface area contributed by atoms with Crippen molar-refractivity contribution in [1.29, 1.82) is 0 Å². The molecule has 0 rings (SSSR count). The third-order valence-electron chi connectivity index (χ3n) is 0.194. The second-order valence-corrected chi connectivity index (χ2v) is 1.63. The summed E-state index contributed by atoms with van der Waals surface area (Å²) in [5.41, 5.74) is 0. The summed E-state index contributed by atoms with van der Waals surface area (Å²) in [5.74, 6) is 0.850. The van der Waals surface area contributed by atoms with E-state index < -0.39 is 0 Å². The smallest absolute Gasteiger partial charge is 0.00900 e. The monoisotopic (exact) mass is 200 g/mol. The zero-order valence-corrected chi connectivity index (χ0v) is 5.74. The van der Waals surface area contributed by atoms with Crippen LogP contribution >= 0.6 is 35.2 Å². The molecule has 0 aliphatic heterocycles. The van der Waals surface area contributed by atoms with E-state index in [0.717, 1.165) is 5.75 Å². The lowest BCUT2D eigenvalue weighted by Gasteiger charge is -1.63. The van der Waals surface area contributed by atoms with Gasteiger partial charge in [-0.2, -0.15) is 12.6 Å². The Hall–Kier alpha value is 0.820. The summed E-state index contributed by atoms with van der Waals surface area (Å²) in [5, 5.41) is 0. The van der Waals surface area contributed by atoms with Crippen LogP contribution < -0.4 is 0 Å². The molecule has 0 heterocycles. The fourth-order valence-corrected chi connectivity index (χ4v) is 0.802. The maximum atomic E-state index is 3.91.